The average molecular weight is 216 g/mol. The number of hydrogen-bond donors (Lipinski definition) is 0. The number of Topliss-reactive ketones (excluding diaryl/α,β-unsaturated/α-hetero) is 1. The van der Waals surface area contributed by atoms with Gasteiger partial charge in [-0.15, -0.1) is 0 Å². The van der Waals surface area contributed by atoms with Crippen molar-refractivity contribution in [3.63, 3.8) is 0 Å². The lowest BCUT2D eigenvalue weighted by atomic mass is 10.1. The van der Waals surface area contributed by atoms with Gasteiger partial charge in [0.1, 0.15) is 11.5 Å². The maximum Gasteiger partial charge on any atom is 0.185 e. The molecule has 0 radical (unpaired) electrons. The van der Waals surface area contributed by atoms with Crippen LogP contribution in [-0.4, -0.2) is 15.8 Å². The van der Waals surface area contributed by atoms with Crippen molar-refractivity contribution in [2.75, 3.05) is 0 Å². The van der Waals surface area contributed by atoms with E-state index >= 15 is 0 Å². The van der Waals surface area contributed by atoms with E-state index in [1.54, 1.807) is 24.5 Å². The lowest BCUT2D eigenvalue weighted by Gasteiger charge is -2.00. The Balaban J connectivity index is 2.12. The van der Waals surface area contributed by atoms with Crippen LogP contribution in [0, 0.1) is 5.82 Å². The molecule has 80 valence electrons. The Labute approximate surface area is 92.0 Å². The molecule has 2 rings (SSSR count). The van der Waals surface area contributed by atoms with Gasteiger partial charge in [0.05, 0.1) is 6.20 Å². The summed E-state index contributed by atoms with van der Waals surface area (Å²) < 4.78 is 12.6. The van der Waals surface area contributed by atoms with Crippen LogP contribution in [0.4, 0.5) is 4.39 Å². The second-order valence-electron chi connectivity index (χ2n) is 3.32. The van der Waals surface area contributed by atoms with Gasteiger partial charge in [-0.25, -0.2) is 4.39 Å². The number of carbonyl (C=O) groups excluding carboxylic acids is 1. The number of aromatic nitrogens is 2. The molecule has 0 saturated carbocycles. The summed E-state index contributed by atoms with van der Waals surface area (Å²) in [5.41, 5.74) is 1.14. The van der Waals surface area contributed by atoms with E-state index in [0.717, 1.165) is 11.8 Å². The van der Waals surface area contributed by atoms with Gasteiger partial charge in [0.15, 0.2) is 5.78 Å². The predicted molar refractivity (Wildman–Crippen MR) is 56.5 cm³/mol. The van der Waals surface area contributed by atoms with Gasteiger partial charge in [-0.2, -0.15) is 0 Å². The molecule has 0 bridgehead atoms. The SMILES string of the molecule is O=C(Cc1ccncc1)c1ccc(F)cn1. The first-order valence-corrected chi connectivity index (χ1v) is 4.79. The molecular weight excluding hydrogens is 207 g/mol. The Morgan fingerprint density at radius 2 is 1.94 bits per heavy atom. The van der Waals surface area contributed by atoms with Gasteiger partial charge < -0.3 is 0 Å². The van der Waals surface area contributed by atoms with Crippen LogP contribution in [0.25, 0.3) is 0 Å². The minimum atomic E-state index is -0.444. The molecule has 0 aliphatic rings. The first-order chi connectivity index (χ1) is 7.75. The lowest BCUT2D eigenvalue weighted by Crippen LogP contribution is -2.05. The third-order valence-corrected chi connectivity index (χ3v) is 2.13. The zero-order valence-corrected chi connectivity index (χ0v) is 8.43. The molecule has 0 saturated heterocycles. The number of carbonyl (C=O) groups is 1. The van der Waals surface area contributed by atoms with E-state index < -0.39 is 5.82 Å². The molecule has 0 spiro atoms. The molecule has 0 atom stereocenters. The van der Waals surface area contributed by atoms with Gasteiger partial charge >= 0.3 is 0 Å². The van der Waals surface area contributed by atoms with Crippen LogP contribution >= 0.6 is 0 Å². The third-order valence-electron chi connectivity index (χ3n) is 2.13. The van der Waals surface area contributed by atoms with E-state index in [-0.39, 0.29) is 17.9 Å². The Morgan fingerprint density at radius 3 is 2.56 bits per heavy atom. The van der Waals surface area contributed by atoms with E-state index in [0.29, 0.717) is 0 Å². The maximum absolute atomic E-state index is 12.6. The van der Waals surface area contributed by atoms with Crippen LogP contribution in [0.3, 0.4) is 0 Å². The molecule has 0 aliphatic heterocycles. The number of hydrogen-bond acceptors (Lipinski definition) is 3. The molecule has 2 aromatic heterocycles. The number of pyridine rings is 2. The fraction of sp³-hybridized carbons (Fsp3) is 0.0833. The summed E-state index contributed by atoms with van der Waals surface area (Å²) in [5, 5.41) is 0. The molecule has 2 aromatic rings. The van der Waals surface area contributed by atoms with Crippen LogP contribution in [0.1, 0.15) is 16.1 Å². The van der Waals surface area contributed by atoms with Crippen LogP contribution in [0.15, 0.2) is 42.9 Å². The highest BCUT2D eigenvalue weighted by molar-refractivity contribution is 5.95. The summed E-state index contributed by atoms with van der Waals surface area (Å²) in [7, 11) is 0. The van der Waals surface area contributed by atoms with Crippen molar-refractivity contribution < 1.29 is 9.18 Å². The van der Waals surface area contributed by atoms with Gasteiger partial charge in [-0.3, -0.25) is 14.8 Å². The monoisotopic (exact) mass is 216 g/mol. The Kier molecular flexibility index (Phi) is 3.00. The molecule has 0 aromatic carbocycles. The number of rotatable bonds is 3. The molecule has 16 heavy (non-hydrogen) atoms. The summed E-state index contributed by atoms with van der Waals surface area (Å²) in [5.74, 6) is -0.577. The number of halogens is 1. The standard InChI is InChI=1S/C12H9FN2O/c13-10-1-2-11(15-8-10)12(16)7-9-3-5-14-6-4-9/h1-6,8H,7H2. The maximum atomic E-state index is 12.6. The number of nitrogens with zero attached hydrogens (tertiary/aromatic N) is 2. The first kappa shape index (κ1) is 10.4. The van der Waals surface area contributed by atoms with Gasteiger partial charge in [0, 0.05) is 18.8 Å². The average Bonchev–Trinajstić information content (AvgIpc) is 2.31. The van der Waals surface area contributed by atoms with Crippen LogP contribution in [0.2, 0.25) is 0 Å². The molecule has 3 nitrogen and oxygen atoms in total. The van der Waals surface area contributed by atoms with Crippen molar-refractivity contribution in [2.24, 2.45) is 0 Å². The summed E-state index contributed by atoms with van der Waals surface area (Å²) in [6.07, 6.45) is 4.54. The van der Waals surface area contributed by atoms with E-state index in [4.69, 9.17) is 0 Å². The number of ketones is 1. The van der Waals surface area contributed by atoms with E-state index in [2.05, 4.69) is 9.97 Å². The van der Waals surface area contributed by atoms with Gasteiger partial charge in [-0.05, 0) is 29.8 Å². The zero-order chi connectivity index (χ0) is 11.4. The topological polar surface area (TPSA) is 42.9 Å². The van der Waals surface area contributed by atoms with Crippen LogP contribution in [-0.2, 0) is 6.42 Å². The van der Waals surface area contributed by atoms with E-state index in [1.165, 1.54) is 12.1 Å². The smallest absolute Gasteiger partial charge is 0.185 e. The molecule has 0 N–H and O–H groups in total. The highest BCUT2D eigenvalue weighted by Crippen LogP contribution is 2.05. The highest BCUT2D eigenvalue weighted by atomic mass is 19.1. The van der Waals surface area contributed by atoms with Gasteiger partial charge in [0.2, 0.25) is 0 Å². The minimum absolute atomic E-state index is 0.133. The van der Waals surface area contributed by atoms with Crippen molar-refractivity contribution in [2.45, 2.75) is 6.42 Å². The normalized spacial score (nSPS) is 10.1. The Hall–Kier alpha value is -2.10. The summed E-state index contributed by atoms with van der Waals surface area (Å²) >= 11 is 0. The van der Waals surface area contributed by atoms with Crippen molar-refractivity contribution in [3.05, 3.63) is 59.9 Å². The lowest BCUT2D eigenvalue weighted by molar-refractivity contribution is 0.0988. The van der Waals surface area contributed by atoms with E-state index in [9.17, 15) is 9.18 Å². The summed E-state index contributed by atoms with van der Waals surface area (Å²) in [4.78, 5) is 19.3. The third kappa shape index (κ3) is 2.48. The quantitative estimate of drug-likeness (QED) is 0.737. The molecule has 0 unspecified atom stereocenters. The van der Waals surface area contributed by atoms with Crippen LogP contribution < -0.4 is 0 Å². The zero-order valence-electron chi connectivity index (χ0n) is 8.43. The second kappa shape index (κ2) is 4.61. The Morgan fingerprint density at radius 1 is 1.19 bits per heavy atom. The Bertz CT molecular complexity index is 482. The fourth-order valence-corrected chi connectivity index (χ4v) is 1.32. The predicted octanol–water partition coefficient (Wildman–Crippen LogP) is 2.04. The molecule has 0 fully saturated rings. The van der Waals surface area contributed by atoms with E-state index in [1.807, 2.05) is 0 Å². The van der Waals surface area contributed by atoms with Crippen LogP contribution in [0.5, 0.6) is 0 Å². The highest BCUT2D eigenvalue weighted by Gasteiger charge is 2.08. The fourth-order valence-electron chi connectivity index (χ4n) is 1.32. The molecule has 4 heteroatoms. The van der Waals surface area contributed by atoms with Crippen molar-refractivity contribution >= 4 is 5.78 Å². The minimum Gasteiger partial charge on any atom is -0.292 e. The largest absolute Gasteiger partial charge is 0.292 e. The van der Waals surface area contributed by atoms with Gasteiger partial charge in [-0.1, -0.05) is 0 Å². The van der Waals surface area contributed by atoms with Gasteiger partial charge in [0.25, 0.3) is 0 Å². The molecular formula is C12H9FN2O. The summed E-state index contributed by atoms with van der Waals surface area (Å²) in [6, 6.07) is 6.15. The molecule has 0 amide bonds. The van der Waals surface area contributed by atoms with Crippen molar-refractivity contribution in [1.29, 1.82) is 0 Å². The second-order valence-corrected chi connectivity index (χ2v) is 3.32. The van der Waals surface area contributed by atoms with Crippen molar-refractivity contribution in [3.8, 4) is 0 Å². The molecule has 2 heterocycles. The first-order valence-electron chi connectivity index (χ1n) is 4.79. The van der Waals surface area contributed by atoms with Crippen molar-refractivity contribution in [1.82, 2.24) is 9.97 Å². The summed E-state index contributed by atoms with van der Waals surface area (Å²) in [6.45, 7) is 0. The molecule has 0 aliphatic carbocycles.